The van der Waals surface area contributed by atoms with Crippen LogP contribution in [0.3, 0.4) is 0 Å². The fraction of sp³-hybridized carbons (Fsp3) is 0.368. The van der Waals surface area contributed by atoms with Gasteiger partial charge in [0.05, 0.1) is 10.8 Å². The molecule has 0 aliphatic rings. The summed E-state index contributed by atoms with van der Waals surface area (Å²) < 4.78 is 0. The molecule has 27 heavy (non-hydrogen) atoms. The van der Waals surface area contributed by atoms with E-state index in [0.29, 0.717) is 17.7 Å². The normalized spacial score (nSPS) is 13.1. The fourth-order valence-electron chi connectivity index (χ4n) is 2.74. The highest BCUT2D eigenvalue weighted by Crippen LogP contribution is 2.11. The van der Waals surface area contributed by atoms with Gasteiger partial charge in [0, 0.05) is 6.42 Å². The van der Waals surface area contributed by atoms with Gasteiger partial charge in [-0.15, -0.1) is 11.3 Å². The van der Waals surface area contributed by atoms with Crippen LogP contribution in [-0.4, -0.2) is 41.0 Å². The Morgan fingerprint density at radius 3 is 2.33 bits per heavy atom. The van der Waals surface area contributed by atoms with Crippen molar-refractivity contribution in [2.45, 2.75) is 38.7 Å². The molecule has 0 radical (unpaired) electrons. The zero-order valence-corrected chi connectivity index (χ0v) is 16.3. The highest BCUT2D eigenvalue weighted by molar-refractivity contribution is 7.12. The van der Waals surface area contributed by atoms with Gasteiger partial charge in [-0.2, -0.15) is 0 Å². The summed E-state index contributed by atoms with van der Waals surface area (Å²) in [4.78, 5) is 25.7. The molecular formula is C19H25BN2O4S. The summed E-state index contributed by atoms with van der Waals surface area (Å²) in [5.74, 6) is -1.40. The number of thiophene rings is 1. The topological polar surface area (TPSA) is 98.7 Å². The maximum Gasteiger partial charge on any atom is 0.475 e. The first kappa shape index (κ1) is 21.1. The minimum absolute atomic E-state index is 0.172. The standard InChI is InChI=1S/C19H25BN2O4S/c1-13(2)11-17(20(25)26)22-18(23)15(12-14-7-4-3-5-8-14)21-19(24)16-9-6-10-27-16/h3-10,13,15,17,25-26H,11-12H2,1-2H3,(H,21,24)(H,22,23)/t15-,17-/m0/s1. The van der Waals surface area contributed by atoms with E-state index in [-0.39, 0.29) is 11.8 Å². The van der Waals surface area contributed by atoms with Gasteiger partial charge in [-0.25, -0.2) is 0 Å². The van der Waals surface area contributed by atoms with E-state index in [1.54, 1.807) is 17.5 Å². The zero-order valence-electron chi connectivity index (χ0n) is 15.5. The predicted octanol–water partition coefficient (Wildman–Crippen LogP) is 1.63. The molecule has 144 valence electrons. The minimum Gasteiger partial charge on any atom is -0.426 e. The molecule has 2 amide bonds. The number of rotatable bonds is 9. The van der Waals surface area contributed by atoms with Crippen molar-refractivity contribution in [2.75, 3.05) is 0 Å². The number of carbonyl (C=O) groups excluding carboxylic acids is 2. The molecule has 4 N–H and O–H groups in total. The SMILES string of the molecule is CC(C)C[C@H](NC(=O)[C@H](Cc1ccccc1)NC(=O)c1cccs1)B(O)O. The second kappa shape index (κ2) is 10.2. The molecule has 0 saturated heterocycles. The van der Waals surface area contributed by atoms with Crippen LogP contribution in [0.2, 0.25) is 0 Å². The highest BCUT2D eigenvalue weighted by atomic mass is 32.1. The molecule has 0 spiro atoms. The second-order valence-electron chi connectivity index (χ2n) is 6.85. The highest BCUT2D eigenvalue weighted by Gasteiger charge is 2.30. The smallest absolute Gasteiger partial charge is 0.426 e. The van der Waals surface area contributed by atoms with Crippen LogP contribution in [0.4, 0.5) is 0 Å². The van der Waals surface area contributed by atoms with Crippen LogP contribution in [0.25, 0.3) is 0 Å². The summed E-state index contributed by atoms with van der Waals surface area (Å²) in [6.45, 7) is 3.86. The summed E-state index contributed by atoms with van der Waals surface area (Å²) in [7, 11) is -1.67. The van der Waals surface area contributed by atoms with Gasteiger partial charge in [0.25, 0.3) is 5.91 Å². The number of nitrogens with one attached hydrogen (secondary N) is 2. The summed E-state index contributed by atoms with van der Waals surface area (Å²) in [6, 6.07) is 12.0. The number of hydrogen-bond acceptors (Lipinski definition) is 5. The average molecular weight is 388 g/mol. The number of hydrogen-bond donors (Lipinski definition) is 4. The Hall–Kier alpha value is -2.16. The molecular weight excluding hydrogens is 363 g/mol. The summed E-state index contributed by atoms with van der Waals surface area (Å²) in [5.41, 5.74) is 0.897. The Labute approximate surface area is 163 Å². The lowest BCUT2D eigenvalue weighted by Crippen LogP contribution is -2.55. The van der Waals surface area contributed by atoms with E-state index in [1.165, 1.54) is 11.3 Å². The molecule has 2 atom stereocenters. The molecule has 0 aliphatic carbocycles. The van der Waals surface area contributed by atoms with Gasteiger partial charge in [-0.05, 0) is 29.3 Å². The molecule has 0 unspecified atom stereocenters. The van der Waals surface area contributed by atoms with E-state index in [4.69, 9.17) is 0 Å². The lowest BCUT2D eigenvalue weighted by atomic mass is 9.75. The van der Waals surface area contributed by atoms with E-state index < -0.39 is 25.0 Å². The van der Waals surface area contributed by atoms with Gasteiger partial charge >= 0.3 is 7.12 Å². The molecule has 0 bridgehead atoms. The number of amides is 2. The van der Waals surface area contributed by atoms with Crippen molar-refractivity contribution < 1.29 is 19.6 Å². The van der Waals surface area contributed by atoms with Gasteiger partial charge in [0.1, 0.15) is 6.04 Å². The van der Waals surface area contributed by atoms with Crippen LogP contribution >= 0.6 is 11.3 Å². The van der Waals surface area contributed by atoms with Crippen LogP contribution in [0, 0.1) is 5.92 Å². The maximum absolute atomic E-state index is 12.8. The first-order valence-electron chi connectivity index (χ1n) is 8.91. The number of benzene rings is 1. The third kappa shape index (κ3) is 6.82. The van der Waals surface area contributed by atoms with E-state index in [0.717, 1.165) is 5.56 Å². The fourth-order valence-corrected chi connectivity index (χ4v) is 3.37. The van der Waals surface area contributed by atoms with Crippen molar-refractivity contribution in [1.29, 1.82) is 0 Å². The number of carbonyl (C=O) groups is 2. The largest absolute Gasteiger partial charge is 0.475 e. The zero-order chi connectivity index (χ0) is 19.8. The molecule has 1 heterocycles. The van der Waals surface area contributed by atoms with E-state index >= 15 is 0 Å². The molecule has 0 aliphatic heterocycles. The van der Waals surface area contributed by atoms with Gasteiger partial charge in [0.15, 0.2) is 0 Å². The first-order chi connectivity index (χ1) is 12.9. The molecule has 8 heteroatoms. The van der Waals surface area contributed by atoms with Crippen molar-refractivity contribution in [3.05, 3.63) is 58.3 Å². The lowest BCUT2D eigenvalue weighted by molar-refractivity contribution is -0.123. The van der Waals surface area contributed by atoms with Crippen molar-refractivity contribution in [3.8, 4) is 0 Å². The quantitative estimate of drug-likeness (QED) is 0.491. The third-order valence-corrected chi connectivity index (χ3v) is 4.93. The van der Waals surface area contributed by atoms with Crippen LogP contribution in [0.5, 0.6) is 0 Å². The average Bonchev–Trinajstić information content (AvgIpc) is 3.15. The molecule has 0 saturated carbocycles. The van der Waals surface area contributed by atoms with Crippen molar-refractivity contribution >= 4 is 30.3 Å². The Kier molecular flexibility index (Phi) is 8.03. The second-order valence-corrected chi connectivity index (χ2v) is 7.80. The first-order valence-corrected chi connectivity index (χ1v) is 9.79. The summed E-state index contributed by atoms with van der Waals surface area (Å²) >= 11 is 1.29. The lowest BCUT2D eigenvalue weighted by Gasteiger charge is -2.24. The van der Waals surface area contributed by atoms with Gasteiger partial charge in [0.2, 0.25) is 5.91 Å². The van der Waals surface area contributed by atoms with Crippen molar-refractivity contribution in [3.63, 3.8) is 0 Å². The monoisotopic (exact) mass is 388 g/mol. The van der Waals surface area contributed by atoms with Crippen molar-refractivity contribution in [1.82, 2.24) is 10.6 Å². The minimum atomic E-state index is -1.67. The Bertz CT molecular complexity index is 723. The van der Waals surface area contributed by atoms with Gasteiger partial charge < -0.3 is 20.7 Å². The van der Waals surface area contributed by atoms with E-state index in [9.17, 15) is 19.6 Å². The van der Waals surface area contributed by atoms with Crippen molar-refractivity contribution in [2.24, 2.45) is 5.92 Å². The van der Waals surface area contributed by atoms with E-state index in [2.05, 4.69) is 10.6 Å². The molecule has 0 fully saturated rings. The van der Waals surface area contributed by atoms with Gasteiger partial charge in [-0.1, -0.05) is 50.2 Å². The summed E-state index contributed by atoms with van der Waals surface area (Å²) in [5, 5.41) is 26.4. The van der Waals surface area contributed by atoms with Crippen LogP contribution in [0.15, 0.2) is 47.8 Å². The maximum atomic E-state index is 12.8. The van der Waals surface area contributed by atoms with Gasteiger partial charge in [-0.3, -0.25) is 9.59 Å². The Morgan fingerprint density at radius 2 is 1.78 bits per heavy atom. The molecule has 2 rings (SSSR count). The molecule has 1 aromatic heterocycles. The Morgan fingerprint density at radius 1 is 1.07 bits per heavy atom. The Balaban J connectivity index is 2.14. The van der Waals surface area contributed by atoms with Crippen LogP contribution in [0.1, 0.15) is 35.5 Å². The molecule has 1 aromatic carbocycles. The summed E-state index contributed by atoms with van der Waals surface area (Å²) in [6.07, 6.45) is 0.722. The van der Waals surface area contributed by atoms with Crippen LogP contribution in [-0.2, 0) is 11.2 Å². The third-order valence-electron chi connectivity index (χ3n) is 4.06. The molecule has 2 aromatic rings. The molecule has 6 nitrogen and oxygen atoms in total. The predicted molar refractivity (Wildman–Crippen MR) is 107 cm³/mol. The van der Waals surface area contributed by atoms with Crippen LogP contribution < -0.4 is 10.6 Å². The van der Waals surface area contributed by atoms with E-state index in [1.807, 2.05) is 44.2 Å².